The first-order valence-electron chi connectivity index (χ1n) is 6.73. The number of esters is 1. The fourth-order valence-electron chi connectivity index (χ4n) is 1.94. The minimum atomic E-state index is -0.391. The third-order valence-corrected chi connectivity index (χ3v) is 3.19. The zero-order valence-corrected chi connectivity index (χ0v) is 12.7. The quantitative estimate of drug-likeness (QED) is 0.828. The highest BCUT2D eigenvalue weighted by atomic mass is 35.5. The molecule has 0 aliphatic carbocycles. The molecule has 1 heterocycles. The van der Waals surface area contributed by atoms with Crippen molar-refractivity contribution in [3.05, 3.63) is 46.3 Å². The Morgan fingerprint density at radius 2 is 2.10 bits per heavy atom. The highest BCUT2D eigenvalue weighted by molar-refractivity contribution is 6.30. The predicted molar refractivity (Wildman–Crippen MR) is 80.8 cm³/mol. The molecule has 1 aromatic heterocycles. The van der Waals surface area contributed by atoms with Crippen molar-refractivity contribution in [1.82, 2.24) is 5.16 Å². The molecule has 0 saturated heterocycles. The molecule has 0 fully saturated rings. The van der Waals surface area contributed by atoms with Crippen molar-refractivity contribution in [2.24, 2.45) is 0 Å². The van der Waals surface area contributed by atoms with E-state index in [1.807, 2.05) is 24.3 Å². The van der Waals surface area contributed by atoms with Crippen LogP contribution < -0.4 is 5.32 Å². The minimum absolute atomic E-state index is 0.325. The summed E-state index contributed by atoms with van der Waals surface area (Å²) >= 11 is 5.83. The van der Waals surface area contributed by atoms with Gasteiger partial charge in [0.15, 0.2) is 5.76 Å². The van der Waals surface area contributed by atoms with Crippen molar-refractivity contribution in [2.75, 3.05) is 18.5 Å². The first-order valence-corrected chi connectivity index (χ1v) is 7.11. The summed E-state index contributed by atoms with van der Waals surface area (Å²) in [5.41, 5.74) is 1.93. The number of carbonyl (C=O) groups is 1. The van der Waals surface area contributed by atoms with Crippen molar-refractivity contribution in [3.8, 4) is 0 Å². The van der Waals surface area contributed by atoms with Gasteiger partial charge in [-0.15, -0.1) is 0 Å². The van der Waals surface area contributed by atoms with Gasteiger partial charge in [0.25, 0.3) is 0 Å². The summed E-state index contributed by atoms with van der Waals surface area (Å²) in [6, 6.07) is 7.40. The highest BCUT2D eigenvalue weighted by Gasteiger charge is 2.21. The van der Waals surface area contributed by atoms with Crippen LogP contribution in [-0.4, -0.2) is 24.3 Å². The average molecular weight is 309 g/mol. The summed E-state index contributed by atoms with van der Waals surface area (Å²) in [4.78, 5) is 11.9. The van der Waals surface area contributed by atoms with Gasteiger partial charge in [0.2, 0.25) is 0 Å². The number of benzene rings is 1. The largest absolute Gasteiger partial charge is 0.462 e. The highest BCUT2D eigenvalue weighted by Crippen LogP contribution is 2.17. The molecule has 2 rings (SSSR count). The molecule has 21 heavy (non-hydrogen) atoms. The zero-order chi connectivity index (χ0) is 15.2. The van der Waals surface area contributed by atoms with Crippen LogP contribution in [0.15, 0.2) is 28.8 Å². The van der Waals surface area contributed by atoms with Gasteiger partial charge in [0, 0.05) is 23.7 Å². The summed E-state index contributed by atoms with van der Waals surface area (Å²) in [6.45, 7) is 4.43. The van der Waals surface area contributed by atoms with Crippen LogP contribution >= 0.6 is 11.6 Å². The lowest BCUT2D eigenvalue weighted by molar-refractivity contribution is 0.0523. The van der Waals surface area contributed by atoms with Gasteiger partial charge in [-0.2, -0.15) is 0 Å². The number of carbonyl (C=O) groups excluding carboxylic acids is 1. The molecule has 0 spiro atoms. The van der Waals surface area contributed by atoms with Gasteiger partial charge in [-0.3, -0.25) is 0 Å². The van der Waals surface area contributed by atoms with E-state index in [-0.39, 0.29) is 0 Å². The Bertz CT molecular complexity index is 608. The molecule has 0 radical (unpaired) electrons. The normalized spacial score (nSPS) is 10.4. The first kappa shape index (κ1) is 15.4. The standard InChI is InChI=1S/C15H17ClN2O3/c1-3-20-15(19)14-10(2)18-21-13(14)8-9-17-12-6-4-11(16)5-7-12/h4-7,17H,3,8-9H2,1-2H3. The van der Waals surface area contributed by atoms with E-state index in [0.717, 1.165) is 5.69 Å². The van der Waals surface area contributed by atoms with Gasteiger partial charge in [-0.1, -0.05) is 16.8 Å². The van der Waals surface area contributed by atoms with Crippen molar-refractivity contribution in [3.63, 3.8) is 0 Å². The van der Waals surface area contributed by atoms with Crippen LogP contribution in [0.4, 0.5) is 5.69 Å². The number of hydrogen-bond donors (Lipinski definition) is 1. The molecule has 0 bridgehead atoms. The molecule has 112 valence electrons. The van der Waals surface area contributed by atoms with Crippen LogP contribution in [-0.2, 0) is 11.2 Å². The fraction of sp³-hybridized carbons (Fsp3) is 0.333. The molecular formula is C15H17ClN2O3. The minimum Gasteiger partial charge on any atom is -0.462 e. The van der Waals surface area contributed by atoms with E-state index in [1.54, 1.807) is 13.8 Å². The fourth-order valence-corrected chi connectivity index (χ4v) is 2.07. The number of aryl methyl sites for hydroxylation is 1. The number of nitrogens with zero attached hydrogens (tertiary/aromatic N) is 1. The molecule has 5 nitrogen and oxygen atoms in total. The van der Waals surface area contributed by atoms with Gasteiger partial charge in [0.1, 0.15) is 5.56 Å². The maximum Gasteiger partial charge on any atom is 0.343 e. The number of aromatic nitrogens is 1. The lowest BCUT2D eigenvalue weighted by Crippen LogP contribution is -2.11. The average Bonchev–Trinajstić information content (AvgIpc) is 2.82. The molecule has 0 atom stereocenters. The molecule has 0 aliphatic heterocycles. The molecule has 0 amide bonds. The number of hydrogen-bond acceptors (Lipinski definition) is 5. The molecular weight excluding hydrogens is 292 g/mol. The van der Waals surface area contributed by atoms with Crippen LogP contribution in [0.1, 0.15) is 28.7 Å². The van der Waals surface area contributed by atoms with Gasteiger partial charge < -0.3 is 14.6 Å². The monoisotopic (exact) mass is 308 g/mol. The Hall–Kier alpha value is -2.01. The van der Waals surface area contributed by atoms with Crippen molar-refractivity contribution >= 4 is 23.3 Å². The summed E-state index contributed by atoms with van der Waals surface area (Å²) in [6.07, 6.45) is 0.539. The first-order chi connectivity index (χ1) is 10.1. The Morgan fingerprint density at radius 3 is 2.76 bits per heavy atom. The number of ether oxygens (including phenoxy) is 1. The molecule has 0 saturated carbocycles. The van der Waals surface area contributed by atoms with Gasteiger partial charge in [-0.05, 0) is 38.1 Å². The second kappa shape index (κ2) is 7.13. The van der Waals surface area contributed by atoms with Crippen LogP contribution in [0.25, 0.3) is 0 Å². The Balaban J connectivity index is 1.97. The molecule has 1 aromatic carbocycles. The molecule has 0 unspecified atom stereocenters. The van der Waals surface area contributed by atoms with Crippen LogP contribution in [0.5, 0.6) is 0 Å². The lowest BCUT2D eigenvalue weighted by Gasteiger charge is -2.06. The molecule has 0 aliphatic rings. The number of anilines is 1. The van der Waals surface area contributed by atoms with Gasteiger partial charge >= 0.3 is 5.97 Å². The number of halogens is 1. The maximum absolute atomic E-state index is 11.9. The Kier molecular flexibility index (Phi) is 5.22. The SMILES string of the molecule is CCOC(=O)c1c(C)noc1CCNc1ccc(Cl)cc1. The summed E-state index contributed by atoms with van der Waals surface area (Å²) in [5.74, 6) is 0.144. The van der Waals surface area contributed by atoms with Crippen molar-refractivity contribution < 1.29 is 14.1 Å². The third-order valence-electron chi connectivity index (χ3n) is 2.94. The topological polar surface area (TPSA) is 64.4 Å². The lowest BCUT2D eigenvalue weighted by atomic mass is 10.1. The van der Waals surface area contributed by atoms with E-state index in [2.05, 4.69) is 10.5 Å². The van der Waals surface area contributed by atoms with Gasteiger partial charge in [-0.25, -0.2) is 4.79 Å². The van der Waals surface area contributed by atoms with Crippen LogP contribution in [0.3, 0.4) is 0 Å². The van der Waals surface area contributed by atoms with E-state index < -0.39 is 5.97 Å². The molecule has 1 N–H and O–H groups in total. The number of rotatable bonds is 6. The summed E-state index contributed by atoms with van der Waals surface area (Å²) < 4.78 is 10.2. The van der Waals surface area contributed by atoms with E-state index in [1.165, 1.54) is 0 Å². The maximum atomic E-state index is 11.9. The van der Waals surface area contributed by atoms with E-state index >= 15 is 0 Å². The van der Waals surface area contributed by atoms with E-state index in [9.17, 15) is 4.79 Å². The number of nitrogens with one attached hydrogen (secondary N) is 1. The van der Waals surface area contributed by atoms with Gasteiger partial charge in [0.05, 0.1) is 12.3 Å². The van der Waals surface area contributed by atoms with Crippen LogP contribution in [0.2, 0.25) is 5.02 Å². The second-order valence-corrected chi connectivity index (χ2v) is 4.91. The third kappa shape index (κ3) is 3.98. The molecule has 2 aromatic rings. The summed E-state index contributed by atoms with van der Waals surface area (Å²) in [5, 5.41) is 7.76. The predicted octanol–water partition coefficient (Wildman–Crippen LogP) is 3.47. The van der Waals surface area contributed by atoms with Crippen molar-refractivity contribution in [1.29, 1.82) is 0 Å². The van der Waals surface area contributed by atoms with E-state index in [4.69, 9.17) is 20.9 Å². The summed E-state index contributed by atoms with van der Waals surface area (Å²) in [7, 11) is 0. The van der Waals surface area contributed by atoms with Crippen molar-refractivity contribution in [2.45, 2.75) is 20.3 Å². The van der Waals surface area contributed by atoms with Crippen LogP contribution in [0, 0.1) is 6.92 Å². The Labute approximate surface area is 128 Å². The second-order valence-electron chi connectivity index (χ2n) is 4.47. The smallest absolute Gasteiger partial charge is 0.343 e. The molecule has 6 heteroatoms. The van der Waals surface area contributed by atoms with E-state index in [0.29, 0.717) is 41.6 Å². The zero-order valence-electron chi connectivity index (χ0n) is 12.0. The Morgan fingerprint density at radius 1 is 1.38 bits per heavy atom.